The van der Waals surface area contributed by atoms with Gasteiger partial charge in [-0.15, -0.1) is 0 Å². The van der Waals surface area contributed by atoms with E-state index in [1.54, 1.807) is 0 Å². The fourth-order valence-corrected chi connectivity index (χ4v) is 6.06. The Morgan fingerprint density at radius 2 is 1.13 bits per heavy atom. The van der Waals surface area contributed by atoms with Gasteiger partial charge in [-0.25, -0.2) is 0 Å². The monoisotopic (exact) mass is 394 g/mol. The van der Waals surface area contributed by atoms with Crippen LogP contribution in [0.3, 0.4) is 0 Å². The molecule has 0 saturated carbocycles. The zero-order chi connectivity index (χ0) is 21.6. The largest absolute Gasteiger partial charge is 0.409 e. The van der Waals surface area contributed by atoms with E-state index >= 15 is 0 Å². The van der Waals surface area contributed by atoms with Gasteiger partial charge in [-0.2, -0.15) is 0 Å². The summed E-state index contributed by atoms with van der Waals surface area (Å²) in [5.41, 5.74) is 19.9. The van der Waals surface area contributed by atoms with Crippen molar-refractivity contribution in [1.82, 2.24) is 0 Å². The number of benzene rings is 3. The van der Waals surface area contributed by atoms with Gasteiger partial charge in [0.25, 0.3) is 0 Å². The summed E-state index contributed by atoms with van der Waals surface area (Å²) in [5.74, 6) is 0. The molecule has 152 valence electrons. The molecule has 3 aromatic carbocycles. The molecule has 0 unspecified atom stereocenters. The molecule has 3 heteroatoms. The summed E-state index contributed by atoms with van der Waals surface area (Å²) in [6.07, 6.45) is 0. The van der Waals surface area contributed by atoms with E-state index < -0.39 is 0 Å². The Labute approximate surface area is 181 Å². The molecule has 0 amide bonds. The maximum atomic E-state index is 2.55. The Hall–Kier alpha value is -2.68. The molecule has 2 nitrogen and oxygen atoms in total. The summed E-state index contributed by atoms with van der Waals surface area (Å²) in [4.78, 5) is 4.98. The Morgan fingerprint density at radius 3 is 1.83 bits per heavy atom. The Bertz CT molecular complexity index is 1250. The standard InChI is InChI=1S/C27H31BN2/c1-14-15(2)19(6)26-24(18(14)5)23-17(4)16(3)20(7)27-25(23)28(30(26)9)21-12-10-11-13-22(21)29(27)8/h10-13H,1-9H3. The number of fused-ring (bicyclic) bond motifs is 4. The lowest BCUT2D eigenvalue weighted by atomic mass is 9.43. The minimum atomic E-state index is 0.244. The molecule has 0 saturated heterocycles. The normalized spacial score (nSPS) is 14.0. The van der Waals surface area contributed by atoms with Crippen molar-refractivity contribution < 1.29 is 0 Å². The van der Waals surface area contributed by atoms with Crippen LogP contribution in [-0.4, -0.2) is 20.9 Å². The van der Waals surface area contributed by atoms with Crippen LogP contribution in [0.5, 0.6) is 0 Å². The smallest absolute Gasteiger partial charge is 0.328 e. The van der Waals surface area contributed by atoms with Crippen LogP contribution in [0.1, 0.15) is 38.9 Å². The summed E-state index contributed by atoms with van der Waals surface area (Å²) in [5, 5.41) is 0. The van der Waals surface area contributed by atoms with Crippen molar-refractivity contribution in [2.75, 3.05) is 23.8 Å². The molecule has 0 aliphatic carbocycles. The van der Waals surface area contributed by atoms with E-state index in [1.165, 1.54) is 78.1 Å². The molecule has 0 N–H and O–H groups in total. The molecule has 0 spiro atoms. The summed E-state index contributed by atoms with van der Waals surface area (Å²) < 4.78 is 0. The first-order valence-corrected chi connectivity index (χ1v) is 11.0. The lowest BCUT2D eigenvalue weighted by Gasteiger charge is -2.46. The number of hydrogen-bond donors (Lipinski definition) is 0. The first kappa shape index (κ1) is 19.3. The van der Waals surface area contributed by atoms with E-state index in [2.05, 4.69) is 96.5 Å². The molecular formula is C27H31BN2. The van der Waals surface area contributed by atoms with Crippen molar-refractivity contribution >= 4 is 34.8 Å². The summed E-state index contributed by atoms with van der Waals surface area (Å²) in [6, 6.07) is 8.94. The third kappa shape index (κ3) is 2.11. The van der Waals surface area contributed by atoms with Crippen LogP contribution in [0.4, 0.5) is 17.1 Å². The van der Waals surface area contributed by atoms with Gasteiger partial charge in [0.05, 0.1) is 0 Å². The van der Waals surface area contributed by atoms with Gasteiger partial charge in [-0.3, -0.25) is 0 Å². The third-order valence-electron chi connectivity index (χ3n) is 8.23. The van der Waals surface area contributed by atoms with Gasteiger partial charge < -0.3 is 9.71 Å². The molecule has 0 aromatic heterocycles. The molecule has 5 rings (SSSR count). The van der Waals surface area contributed by atoms with Crippen LogP contribution < -0.4 is 20.6 Å². The number of anilines is 3. The second-order valence-corrected chi connectivity index (χ2v) is 9.37. The highest BCUT2D eigenvalue weighted by Gasteiger charge is 2.44. The van der Waals surface area contributed by atoms with Gasteiger partial charge in [-0.05, 0) is 117 Å². The molecule has 2 aliphatic heterocycles. The number of nitrogens with zero attached hydrogens (tertiary/aromatic N) is 2. The maximum Gasteiger partial charge on any atom is 0.328 e. The van der Waals surface area contributed by atoms with E-state index in [0.29, 0.717) is 0 Å². The minimum absolute atomic E-state index is 0.244. The van der Waals surface area contributed by atoms with Crippen molar-refractivity contribution in [3.05, 3.63) is 63.2 Å². The Balaban J connectivity index is 2.04. The average Bonchev–Trinajstić information content (AvgIpc) is 2.73. The number of para-hydroxylation sites is 1. The molecule has 3 aromatic rings. The molecule has 0 bridgehead atoms. The van der Waals surface area contributed by atoms with Crippen LogP contribution in [0, 0.1) is 48.5 Å². The van der Waals surface area contributed by atoms with Gasteiger partial charge in [0.2, 0.25) is 0 Å². The maximum absolute atomic E-state index is 2.55. The van der Waals surface area contributed by atoms with Crippen molar-refractivity contribution in [3.63, 3.8) is 0 Å². The van der Waals surface area contributed by atoms with Crippen LogP contribution in [0.25, 0.3) is 11.1 Å². The second kappa shape index (κ2) is 6.17. The van der Waals surface area contributed by atoms with Gasteiger partial charge in [0, 0.05) is 29.7 Å². The molecule has 30 heavy (non-hydrogen) atoms. The van der Waals surface area contributed by atoms with Crippen molar-refractivity contribution in [2.24, 2.45) is 0 Å². The second-order valence-electron chi connectivity index (χ2n) is 9.37. The van der Waals surface area contributed by atoms with E-state index in [1.807, 2.05) is 0 Å². The average molecular weight is 394 g/mol. The number of rotatable bonds is 0. The van der Waals surface area contributed by atoms with E-state index in [-0.39, 0.29) is 6.85 Å². The highest BCUT2D eigenvalue weighted by Crippen LogP contribution is 2.48. The zero-order valence-corrected chi connectivity index (χ0v) is 19.8. The molecule has 0 atom stereocenters. The highest BCUT2D eigenvalue weighted by molar-refractivity contribution is 6.92. The lowest BCUT2D eigenvalue weighted by Crippen LogP contribution is -2.62. The predicted octanol–water partition coefficient (Wildman–Crippen LogP) is 5.15. The van der Waals surface area contributed by atoms with Crippen LogP contribution in [-0.2, 0) is 0 Å². The summed E-state index contributed by atoms with van der Waals surface area (Å²) in [7, 11) is 4.53. The fourth-order valence-electron chi connectivity index (χ4n) is 6.06. The fraction of sp³-hybridized carbons (Fsp3) is 0.333. The quantitative estimate of drug-likeness (QED) is 0.487. The minimum Gasteiger partial charge on any atom is -0.409 e. The van der Waals surface area contributed by atoms with Crippen LogP contribution >= 0.6 is 0 Å². The van der Waals surface area contributed by atoms with E-state index in [4.69, 9.17) is 0 Å². The summed E-state index contributed by atoms with van der Waals surface area (Å²) in [6.45, 7) is 16.4. The molecular weight excluding hydrogens is 363 g/mol. The van der Waals surface area contributed by atoms with E-state index in [0.717, 1.165) is 0 Å². The third-order valence-corrected chi connectivity index (χ3v) is 8.23. The highest BCUT2D eigenvalue weighted by atomic mass is 15.1. The Kier molecular flexibility index (Phi) is 3.97. The predicted molar refractivity (Wildman–Crippen MR) is 133 cm³/mol. The van der Waals surface area contributed by atoms with Crippen LogP contribution in [0.15, 0.2) is 24.3 Å². The Morgan fingerprint density at radius 1 is 0.600 bits per heavy atom. The molecule has 2 heterocycles. The van der Waals surface area contributed by atoms with E-state index in [9.17, 15) is 0 Å². The SMILES string of the molecule is Cc1c(C)c(C)c2c(c1C)-c1c(C)c(C)c(C)c3c1B(c1ccccc1N3C)N2C. The van der Waals surface area contributed by atoms with Crippen molar-refractivity contribution in [2.45, 2.75) is 48.5 Å². The van der Waals surface area contributed by atoms with Crippen molar-refractivity contribution in [3.8, 4) is 11.1 Å². The van der Waals surface area contributed by atoms with Gasteiger partial charge in [0.15, 0.2) is 0 Å². The topological polar surface area (TPSA) is 6.48 Å². The first-order valence-electron chi connectivity index (χ1n) is 11.0. The number of hydrogen-bond acceptors (Lipinski definition) is 2. The lowest BCUT2D eigenvalue weighted by molar-refractivity contribution is 1.13. The van der Waals surface area contributed by atoms with Gasteiger partial charge in [-0.1, -0.05) is 18.2 Å². The van der Waals surface area contributed by atoms with Crippen molar-refractivity contribution in [1.29, 1.82) is 0 Å². The van der Waals surface area contributed by atoms with Crippen LogP contribution in [0.2, 0.25) is 0 Å². The zero-order valence-electron chi connectivity index (χ0n) is 19.8. The molecule has 0 fully saturated rings. The summed E-state index contributed by atoms with van der Waals surface area (Å²) >= 11 is 0. The van der Waals surface area contributed by atoms with Gasteiger partial charge in [0.1, 0.15) is 0 Å². The van der Waals surface area contributed by atoms with Gasteiger partial charge >= 0.3 is 6.85 Å². The molecule has 0 radical (unpaired) electrons. The molecule has 2 aliphatic rings. The first-order chi connectivity index (χ1) is 14.2.